The molecule has 0 aliphatic carbocycles. The summed E-state index contributed by atoms with van der Waals surface area (Å²) in [6, 6.07) is 7.32. The lowest BCUT2D eigenvalue weighted by Gasteiger charge is -2.04. The summed E-state index contributed by atoms with van der Waals surface area (Å²) < 4.78 is 4.01. The van der Waals surface area contributed by atoms with Crippen molar-refractivity contribution in [1.82, 2.24) is 9.36 Å². The Kier molecular flexibility index (Phi) is 3.88. The van der Waals surface area contributed by atoms with Crippen molar-refractivity contribution in [3.05, 3.63) is 35.7 Å². The zero-order valence-electron chi connectivity index (χ0n) is 10.2. The largest absolute Gasteiger partial charge is 0.385 e. The van der Waals surface area contributed by atoms with E-state index in [2.05, 4.69) is 20.0 Å². The van der Waals surface area contributed by atoms with Gasteiger partial charge in [0.15, 0.2) is 0 Å². The Bertz CT molecular complexity index is 535. The quantitative estimate of drug-likeness (QED) is 0.888. The van der Waals surface area contributed by atoms with Crippen LogP contribution in [-0.4, -0.2) is 21.8 Å². The Hall–Kier alpha value is -1.95. The highest BCUT2D eigenvalue weighted by atomic mass is 32.1. The van der Waals surface area contributed by atoms with Gasteiger partial charge in [-0.1, -0.05) is 0 Å². The van der Waals surface area contributed by atoms with Crippen molar-refractivity contribution in [2.75, 3.05) is 17.2 Å². The number of amides is 1. The normalized spacial score (nSPS) is 10.1. The molecule has 2 aromatic rings. The molecule has 0 bridgehead atoms. The number of carbonyl (C=O) groups is 1. The van der Waals surface area contributed by atoms with Crippen LogP contribution in [0.1, 0.15) is 23.1 Å². The van der Waals surface area contributed by atoms with Crippen molar-refractivity contribution in [3.8, 4) is 0 Å². The van der Waals surface area contributed by atoms with Crippen LogP contribution in [0.25, 0.3) is 0 Å². The lowest BCUT2D eigenvalue weighted by molar-refractivity contribution is 0.102. The number of benzene rings is 1. The van der Waals surface area contributed by atoms with E-state index in [9.17, 15) is 4.79 Å². The highest BCUT2D eigenvalue weighted by Gasteiger charge is 2.08. The van der Waals surface area contributed by atoms with Crippen molar-refractivity contribution in [3.63, 3.8) is 0 Å². The van der Waals surface area contributed by atoms with Crippen LogP contribution in [0.5, 0.6) is 0 Å². The molecule has 18 heavy (non-hydrogen) atoms. The molecule has 1 aromatic carbocycles. The molecule has 0 radical (unpaired) electrons. The fraction of sp³-hybridized carbons (Fsp3) is 0.250. The molecule has 0 unspecified atom stereocenters. The molecule has 0 atom stereocenters. The van der Waals surface area contributed by atoms with Gasteiger partial charge in [-0.15, -0.1) is 0 Å². The monoisotopic (exact) mass is 262 g/mol. The maximum atomic E-state index is 11.9. The number of nitrogens with zero attached hydrogens (tertiary/aromatic N) is 2. The molecule has 94 valence electrons. The third-order valence-electron chi connectivity index (χ3n) is 2.28. The molecule has 5 nitrogen and oxygen atoms in total. The maximum absolute atomic E-state index is 11.9. The van der Waals surface area contributed by atoms with Gasteiger partial charge in [0, 0.05) is 29.3 Å². The van der Waals surface area contributed by atoms with E-state index >= 15 is 0 Å². The van der Waals surface area contributed by atoms with Gasteiger partial charge < -0.3 is 5.32 Å². The summed E-state index contributed by atoms with van der Waals surface area (Å²) in [4.78, 5) is 16.0. The highest BCUT2D eigenvalue weighted by molar-refractivity contribution is 7.09. The van der Waals surface area contributed by atoms with Gasteiger partial charge in [0.05, 0.1) is 0 Å². The first-order valence-electron chi connectivity index (χ1n) is 5.64. The number of nitrogens with one attached hydrogen (secondary N) is 2. The summed E-state index contributed by atoms with van der Waals surface area (Å²) in [7, 11) is 0. The summed E-state index contributed by atoms with van der Waals surface area (Å²) >= 11 is 1.18. The molecule has 0 aliphatic heterocycles. The second kappa shape index (κ2) is 5.59. The van der Waals surface area contributed by atoms with Crippen molar-refractivity contribution >= 4 is 28.3 Å². The van der Waals surface area contributed by atoms with Crippen LogP contribution in [-0.2, 0) is 0 Å². The summed E-state index contributed by atoms with van der Waals surface area (Å²) in [5, 5.41) is 6.41. The van der Waals surface area contributed by atoms with Crippen molar-refractivity contribution in [1.29, 1.82) is 0 Å². The molecule has 0 saturated carbocycles. The van der Waals surface area contributed by atoms with E-state index < -0.39 is 0 Å². The van der Waals surface area contributed by atoms with Crippen LogP contribution >= 0.6 is 11.5 Å². The standard InChI is InChI=1S/C12H14N4OS/c1-3-13-10-6-4-9(5-7-10)11(17)15-12-14-8(2)16-18-12/h4-7,13H,3H2,1-2H3,(H,14,15,16,17). The Morgan fingerprint density at radius 2 is 2.06 bits per heavy atom. The van der Waals surface area contributed by atoms with Gasteiger partial charge in [-0.3, -0.25) is 10.1 Å². The smallest absolute Gasteiger partial charge is 0.257 e. The van der Waals surface area contributed by atoms with Crippen LogP contribution < -0.4 is 10.6 Å². The third-order valence-corrected chi connectivity index (χ3v) is 3.00. The second-order valence-electron chi connectivity index (χ2n) is 3.71. The minimum Gasteiger partial charge on any atom is -0.385 e. The number of rotatable bonds is 4. The number of carbonyl (C=O) groups excluding carboxylic acids is 1. The Morgan fingerprint density at radius 3 is 2.61 bits per heavy atom. The molecular formula is C12H14N4OS. The first-order chi connectivity index (χ1) is 8.69. The minimum absolute atomic E-state index is 0.172. The second-order valence-corrected chi connectivity index (χ2v) is 4.46. The van der Waals surface area contributed by atoms with E-state index in [1.165, 1.54) is 11.5 Å². The van der Waals surface area contributed by atoms with Crippen molar-refractivity contribution < 1.29 is 4.79 Å². The molecular weight excluding hydrogens is 248 g/mol. The van der Waals surface area contributed by atoms with Gasteiger partial charge in [-0.2, -0.15) is 4.37 Å². The highest BCUT2D eigenvalue weighted by Crippen LogP contribution is 2.14. The number of aryl methyl sites for hydroxylation is 1. The Morgan fingerprint density at radius 1 is 1.33 bits per heavy atom. The van der Waals surface area contributed by atoms with E-state index in [4.69, 9.17) is 0 Å². The fourth-order valence-corrected chi connectivity index (χ4v) is 2.03. The molecule has 0 spiro atoms. The summed E-state index contributed by atoms with van der Waals surface area (Å²) in [5.41, 5.74) is 1.60. The first-order valence-corrected chi connectivity index (χ1v) is 6.42. The van der Waals surface area contributed by atoms with Gasteiger partial charge in [-0.25, -0.2) is 4.98 Å². The predicted octanol–water partition coefficient (Wildman–Crippen LogP) is 2.53. The number of anilines is 2. The maximum Gasteiger partial charge on any atom is 0.257 e. The van der Waals surface area contributed by atoms with E-state index in [-0.39, 0.29) is 5.91 Å². The lowest BCUT2D eigenvalue weighted by atomic mass is 10.2. The van der Waals surface area contributed by atoms with Gasteiger partial charge in [0.1, 0.15) is 5.82 Å². The minimum atomic E-state index is -0.172. The average molecular weight is 262 g/mol. The van der Waals surface area contributed by atoms with E-state index in [0.717, 1.165) is 12.2 Å². The van der Waals surface area contributed by atoms with E-state index in [1.807, 2.05) is 19.1 Å². The van der Waals surface area contributed by atoms with E-state index in [0.29, 0.717) is 16.5 Å². The molecule has 1 aromatic heterocycles. The number of aromatic nitrogens is 2. The molecule has 6 heteroatoms. The Labute approximate surface area is 109 Å². The van der Waals surface area contributed by atoms with Gasteiger partial charge in [0.2, 0.25) is 5.13 Å². The molecule has 0 fully saturated rings. The molecule has 2 N–H and O–H groups in total. The summed E-state index contributed by atoms with van der Waals surface area (Å²) in [6.07, 6.45) is 0. The fourth-order valence-electron chi connectivity index (χ4n) is 1.46. The van der Waals surface area contributed by atoms with Crippen molar-refractivity contribution in [2.45, 2.75) is 13.8 Å². The van der Waals surface area contributed by atoms with Crippen molar-refractivity contribution in [2.24, 2.45) is 0 Å². The zero-order valence-corrected chi connectivity index (χ0v) is 11.0. The lowest BCUT2D eigenvalue weighted by Crippen LogP contribution is -2.11. The van der Waals surface area contributed by atoms with E-state index in [1.54, 1.807) is 19.1 Å². The Balaban J connectivity index is 2.04. The van der Waals surface area contributed by atoms with Gasteiger partial charge in [0.25, 0.3) is 5.91 Å². The van der Waals surface area contributed by atoms with Crippen LogP contribution in [0.2, 0.25) is 0 Å². The molecule has 2 rings (SSSR count). The average Bonchev–Trinajstić information content (AvgIpc) is 2.76. The molecule has 1 amide bonds. The van der Waals surface area contributed by atoms with Crippen LogP contribution in [0.4, 0.5) is 10.8 Å². The third kappa shape index (κ3) is 3.04. The summed E-state index contributed by atoms with van der Waals surface area (Å²) in [5.74, 6) is 0.493. The van der Waals surface area contributed by atoms with Gasteiger partial charge >= 0.3 is 0 Å². The van der Waals surface area contributed by atoms with Gasteiger partial charge in [-0.05, 0) is 38.1 Å². The summed E-state index contributed by atoms with van der Waals surface area (Å²) in [6.45, 7) is 4.67. The predicted molar refractivity (Wildman–Crippen MR) is 73.2 cm³/mol. The molecule has 0 aliphatic rings. The SMILES string of the molecule is CCNc1ccc(C(=O)Nc2nc(C)ns2)cc1. The molecule has 0 saturated heterocycles. The first kappa shape index (κ1) is 12.5. The van der Waals surface area contributed by atoms with Crippen LogP contribution in [0, 0.1) is 6.92 Å². The van der Waals surface area contributed by atoms with Crippen LogP contribution in [0.3, 0.4) is 0 Å². The topological polar surface area (TPSA) is 66.9 Å². The number of hydrogen-bond acceptors (Lipinski definition) is 5. The van der Waals surface area contributed by atoms with Crippen LogP contribution in [0.15, 0.2) is 24.3 Å². The number of hydrogen-bond donors (Lipinski definition) is 2. The zero-order chi connectivity index (χ0) is 13.0. The molecule has 1 heterocycles.